The minimum absolute atomic E-state index is 0.357. The molecule has 1 rings (SSSR count). The molecule has 2 amide bonds. The maximum absolute atomic E-state index is 11.8. The number of carboxylic acids is 1. The molecular formula is C12H18N2O3S. The van der Waals surface area contributed by atoms with E-state index in [0.717, 1.165) is 4.88 Å². The van der Waals surface area contributed by atoms with Crippen molar-refractivity contribution in [3.63, 3.8) is 0 Å². The van der Waals surface area contributed by atoms with Gasteiger partial charge in [-0.2, -0.15) is 0 Å². The van der Waals surface area contributed by atoms with Gasteiger partial charge in [0.1, 0.15) is 6.04 Å². The Bertz CT molecular complexity index is 392. The lowest BCUT2D eigenvalue weighted by atomic mass is 10.2. The molecule has 0 saturated heterocycles. The zero-order valence-corrected chi connectivity index (χ0v) is 11.4. The molecule has 0 aliphatic rings. The maximum Gasteiger partial charge on any atom is 0.326 e. The highest BCUT2D eigenvalue weighted by Gasteiger charge is 2.20. The van der Waals surface area contributed by atoms with E-state index in [1.165, 1.54) is 4.90 Å². The minimum atomic E-state index is -0.991. The van der Waals surface area contributed by atoms with Crippen molar-refractivity contribution in [2.45, 2.75) is 32.4 Å². The molecule has 0 radical (unpaired) electrons. The Hall–Kier alpha value is -1.56. The van der Waals surface area contributed by atoms with Crippen LogP contribution in [0.15, 0.2) is 17.5 Å². The zero-order chi connectivity index (χ0) is 13.5. The first-order valence-electron chi connectivity index (χ1n) is 5.81. The van der Waals surface area contributed by atoms with Gasteiger partial charge in [0, 0.05) is 11.9 Å². The Morgan fingerprint density at radius 1 is 1.56 bits per heavy atom. The van der Waals surface area contributed by atoms with E-state index in [1.54, 1.807) is 18.4 Å². The molecule has 0 aromatic carbocycles. The predicted octanol–water partition coefficient (Wildman–Crippen LogP) is 2.14. The van der Waals surface area contributed by atoms with Crippen molar-refractivity contribution in [2.24, 2.45) is 0 Å². The Morgan fingerprint density at radius 2 is 2.28 bits per heavy atom. The van der Waals surface area contributed by atoms with Gasteiger partial charge < -0.3 is 15.3 Å². The van der Waals surface area contributed by atoms with Crippen LogP contribution in [0.3, 0.4) is 0 Å². The first-order valence-corrected chi connectivity index (χ1v) is 6.69. The number of carbonyl (C=O) groups excluding carboxylic acids is 1. The van der Waals surface area contributed by atoms with Crippen LogP contribution >= 0.6 is 11.3 Å². The molecule has 18 heavy (non-hydrogen) atoms. The summed E-state index contributed by atoms with van der Waals surface area (Å²) in [5.41, 5.74) is 0. The molecule has 1 atom stereocenters. The van der Waals surface area contributed by atoms with Crippen molar-refractivity contribution in [1.29, 1.82) is 0 Å². The molecule has 1 aromatic rings. The summed E-state index contributed by atoms with van der Waals surface area (Å²) in [6.45, 7) is 2.37. The number of nitrogens with one attached hydrogen (secondary N) is 1. The number of carboxylic acid groups (broad SMARTS) is 1. The number of urea groups is 1. The highest BCUT2D eigenvalue weighted by molar-refractivity contribution is 7.09. The number of amides is 2. The van der Waals surface area contributed by atoms with Gasteiger partial charge in [-0.3, -0.25) is 0 Å². The summed E-state index contributed by atoms with van der Waals surface area (Å²) in [6, 6.07) is 2.69. The lowest BCUT2D eigenvalue weighted by Crippen LogP contribution is -2.46. The fourth-order valence-electron chi connectivity index (χ4n) is 1.51. The molecular weight excluding hydrogens is 252 g/mol. The third-order valence-electron chi connectivity index (χ3n) is 2.49. The van der Waals surface area contributed by atoms with Gasteiger partial charge in [-0.15, -0.1) is 11.3 Å². The molecule has 1 aromatic heterocycles. The molecule has 0 spiro atoms. The van der Waals surface area contributed by atoms with Crippen LogP contribution in [0.25, 0.3) is 0 Å². The van der Waals surface area contributed by atoms with Gasteiger partial charge in [0.15, 0.2) is 0 Å². The van der Waals surface area contributed by atoms with E-state index in [-0.39, 0.29) is 6.03 Å². The zero-order valence-electron chi connectivity index (χ0n) is 10.5. The van der Waals surface area contributed by atoms with Gasteiger partial charge in [0.25, 0.3) is 0 Å². The second-order valence-corrected chi connectivity index (χ2v) is 5.10. The van der Waals surface area contributed by atoms with Gasteiger partial charge >= 0.3 is 12.0 Å². The lowest BCUT2D eigenvalue weighted by Gasteiger charge is -2.20. The Morgan fingerprint density at radius 3 is 2.78 bits per heavy atom. The average Bonchev–Trinajstić information content (AvgIpc) is 2.80. The largest absolute Gasteiger partial charge is 0.480 e. The highest BCUT2D eigenvalue weighted by Crippen LogP contribution is 2.11. The minimum Gasteiger partial charge on any atom is -0.480 e. The summed E-state index contributed by atoms with van der Waals surface area (Å²) >= 11 is 1.57. The van der Waals surface area contributed by atoms with Crippen molar-refractivity contribution >= 4 is 23.3 Å². The summed E-state index contributed by atoms with van der Waals surface area (Å²) in [7, 11) is 1.65. The normalized spacial score (nSPS) is 11.9. The molecule has 0 aliphatic carbocycles. The van der Waals surface area contributed by atoms with Crippen LogP contribution in [0.2, 0.25) is 0 Å². The van der Waals surface area contributed by atoms with Crippen LogP contribution in [0, 0.1) is 0 Å². The van der Waals surface area contributed by atoms with Gasteiger partial charge in [0.2, 0.25) is 0 Å². The second-order valence-electron chi connectivity index (χ2n) is 4.06. The summed E-state index contributed by atoms with van der Waals surface area (Å²) in [5.74, 6) is -0.991. The van der Waals surface area contributed by atoms with Gasteiger partial charge in [-0.25, -0.2) is 9.59 Å². The van der Waals surface area contributed by atoms with Crippen LogP contribution in [-0.4, -0.2) is 35.1 Å². The topological polar surface area (TPSA) is 69.6 Å². The van der Waals surface area contributed by atoms with Crippen LogP contribution in [0.1, 0.15) is 24.6 Å². The van der Waals surface area contributed by atoms with E-state index in [2.05, 4.69) is 5.32 Å². The molecule has 6 heteroatoms. The summed E-state index contributed by atoms with van der Waals surface area (Å²) < 4.78 is 0. The van der Waals surface area contributed by atoms with E-state index in [1.807, 2.05) is 24.4 Å². The van der Waals surface area contributed by atoms with E-state index in [0.29, 0.717) is 19.4 Å². The fraction of sp³-hybridized carbons (Fsp3) is 0.500. The van der Waals surface area contributed by atoms with Crippen molar-refractivity contribution in [3.05, 3.63) is 22.4 Å². The molecule has 0 fully saturated rings. The molecule has 1 heterocycles. The van der Waals surface area contributed by atoms with Crippen molar-refractivity contribution in [1.82, 2.24) is 10.2 Å². The first-order chi connectivity index (χ1) is 8.54. The standard InChI is InChI=1S/C12H18N2O3S/c1-3-5-10(11(15)16)13-12(17)14(2)8-9-6-4-7-18-9/h4,6-7,10H,3,5,8H2,1-2H3,(H,13,17)(H,15,16). The first kappa shape index (κ1) is 14.5. The van der Waals surface area contributed by atoms with E-state index in [9.17, 15) is 9.59 Å². The lowest BCUT2D eigenvalue weighted by molar-refractivity contribution is -0.139. The fourth-order valence-corrected chi connectivity index (χ4v) is 2.27. The van der Waals surface area contributed by atoms with Crippen molar-refractivity contribution in [2.75, 3.05) is 7.05 Å². The molecule has 0 saturated carbocycles. The maximum atomic E-state index is 11.8. The predicted molar refractivity (Wildman–Crippen MR) is 70.6 cm³/mol. The Balaban J connectivity index is 2.50. The number of rotatable bonds is 6. The molecule has 0 aliphatic heterocycles. The molecule has 5 nitrogen and oxygen atoms in total. The van der Waals surface area contributed by atoms with Crippen molar-refractivity contribution in [3.8, 4) is 0 Å². The number of aliphatic carboxylic acids is 1. The molecule has 2 N–H and O–H groups in total. The quantitative estimate of drug-likeness (QED) is 0.832. The van der Waals surface area contributed by atoms with Gasteiger partial charge in [-0.05, 0) is 17.9 Å². The number of hydrogen-bond donors (Lipinski definition) is 2. The summed E-state index contributed by atoms with van der Waals surface area (Å²) in [6.07, 6.45) is 1.15. The number of carbonyl (C=O) groups is 2. The number of thiophene rings is 1. The summed E-state index contributed by atoms with van der Waals surface area (Å²) in [4.78, 5) is 25.3. The van der Waals surface area contributed by atoms with E-state index >= 15 is 0 Å². The average molecular weight is 270 g/mol. The third-order valence-corrected chi connectivity index (χ3v) is 3.35. The molecule has 100 valence electrons. The van der Waals surface area contributed by atoms with Gasteiger partial charge in [0.05, 0.1) is 6.54 Å². The molecule has 1 unspecified atom stereocenters. The van der Waals surface area contributed by atoms with Crippen LogP contribution in [0.4, 0.5) is 4.79 Å². The molecule has 0 bridgehead atoms. The second kappa shape index (κ2) is 7.00. The Kier molecular flexibility index (Phi) is 5.64. The number of nitrogens with zero attached hydrogens (tertiary/aromatic N) is 1. The van der Waals surface area contributed by atoms with E-state index < -0.39 is 12.0 Å². The van der Waals surface area contributed by atoms with Crippen LogP contribution in [0.5, 0.6) is 0 Å². The monoisotopic (exact) mass is 270 g/mol. The summed E-state index contributed by atoms with van der Waals surface area (Å²) in [5, 5.41) is 13.4. The van der Waals surface area contributed by atoms with E-state index in [4.69, 9.17) is 5.11 Å². The third kappa shape index (κ3) is 4.37. The SMILES string of the molecule is CCCC(NC(=O)N(C)Cc1cccs1)C(=O)O. The van der Waals surface area contributed by atoms with Crippen molar-refractivity contribution < 1.29 is 14.7 Å². The van der Waals surface area contributed by atoms with Gasteiger partial charge in [-0.1, -0.05) is 19.4 Å². The van der Waals surface area contributed by atoms with Crippen LogP contribution < -0.4 is 5.32 Å². The Labute approximate surface area is 110 Å². The highest BCUT2D eigenvalue weighted by atomic mass is 32.1. The van der Waals surface area contributed by atoms with Crippen LogP contribution in [-0.2, 0) is 11.3 Å². The number of hydrogen-bond acceptors (Lipinski definition) is 3. The smallest absolute Gasteiger partial charge is 0.326 e.